The minimum atomic E-state index is -1.11. The first-order chi connectivity index (χ1) is 9.58. The van der Waals surface area contributed by atoms with Gasteiger partial charge in [-0.2, -0.15) is 0 Å². The van der Waals surface area contributed by atoms with Crippen molar-refractivity contribution in [1.29, 1.82) is 0 Å². The van der Waals surface area contributed by atoms with Gasteiger partial charge in [0.05, 0.1) is 9.79 Å². The maximum atomic E-state index is 11.2. The number of hydrogen-bond acceptors (Lipinski definition) is 4. The highest BCUT2D eigenvalue weighted by molar-refractivity contribution is 7.99. The molecule has 2 N–H and O–H groups in total. The van der Waals surface area contributed by atoms with E-state index in [0.717, 1.165) is 0 Å². The van der Waals surface area contributed by atoms with E-state index in [4.69, 9.17) is 14.9 Å². The van der Waals surface area contributed by atoms with Gasteiger partial charge < -0.3 is 14.9 Å². The summed E-state index contributed by atoms with van der Waals surface area (Å²) >= 11 is 1.29. The van der Waals surface area contributed by atoms with E-state index in [9.17, 15) is 9.59 Å². The quantitative estimate of drug-likeness (QED) is 0.752. The average Bonchev–Trinajstić information content (AvgIpc) is 2.43. The molecule has 5 nitrogen and oxygen atoms in total. The predicted molar refractivity (Wildman–Crippen MR) is 71.0 cm³/mol. The van der Waals surface area contributed by atoms with Gasteiger partial charge >= 0.3 is 11.9 Å². The molecule has 1 aliphatic heterocycles. The highest BCUT2D eigenvalue weighted by atomic mass is 32.2. The van der Waals surface area contributed by atoms with Crippen LogP contribution in [0.5, 0.6) is 11.5 Å². The third-order valence-corrected chi connectivity index (χ3v) is 3.93. The summed E-state index contributed by atoms with van der Waals surface area (Å²) < 4.78 is 5.58. The van der Waals surface area contributed by atoms with Crippen molar-refractivity contribution in [2.45, 2.75) is 9.79 Å². The first-order valence-electron chi connectivity index (χ1n) is 5.66. The number of para-hydroxylation sites is 2. The van der Waals surface area contributed by atoms with Gasteiger partial charge in [0.25, 0.3) is 0 Å². The van der Waals surface area contributed by atoms with Crippen LogP contribution in [0.3, 0.4) is 0 Å². The number of carboxylic acids is 2. The van der Waals surface area contributed by atoms with Crippen molar-refractivity contribution in [3.8, 4) is 11.5 Å². The summed E-state index contributed by atoms with van der Waals surface area (Å²) in [5.41, 5.74) is 0.0293. The van der Waals surface area contributed by atoms with E-state index in [1.54, 1.807) is 24.3 Å². The number of rotatable bonds is 2. The third kappa shape index (κ3) is 1.90. The Morgan fingerprint density at radius 3 is 1.70 bits per heavy atom. The van der Waals surface area contributed by atoms with E-state index >= 15 is 0 Å². The van der Waals surface area contributed by atoms with Gasteiger partial charge in [0.1, 0.15) is 11.1 Å². The van der Waals surface area contributed by atoms with Crippen molar-refractivity contribution >= 4 is 23.7 Å². The van der Waals surface area contributed by atoms with Crippen molar-refractivity contribution in [3.05, 3.63) is 47.5 Å². The topological polar surface area (TPSA) is 83.8 Å². The fourth-order valence-electron chi connectivity index (χ4n) is 1.96. The van der Waals surface area contributed by atoms with Gasteiger partial charge in [0.15, 0.2) is 11.5 Å². The molecule has 0 spiro atoms. The minimum absolute atomic E-state index is 0.0147. The second-order valence-electron chi connectivity index (χ2n) is 4.08. The molecule has 0 saturated carbocycles. The zero-order valence-electron chi connectivity index (χ0n) is 9.99. The highest BCUT2D eigenvalue weighted by Gasteiger charge is 2.26. The van der Waals surface area contributed by atoms with Gasteiger partial charge in [-0.15, -0.1) is 0 Å². The lowest BCUT2D eigenvalue weighted by Crippen LogP contribution is -2.07. The SMILES string of the molecule is O=C(O)c1cccc2c1Oc1c(cccc1C(=O)O)S2. The second-order valence-corrected chi connectivity index (χ2v) is 5.16. The Morgan fingerprint density at radius 2 is 1.30 bits per heavy atom. The van der Waals surface area contributed by atoms with Crippen LogP contribution in [0, 0.1) is 0 Å². The molecule has 1 heterocycles. The van der Waals surface area contributed by atoms with Crippen molar-refractivity contribution in [1.82, 2.24) is 0 Å². The van der Waals surface area contributed by atoms with Crippen LogP contribution in [0.15, 0.2) is 46.2 Å². The molecule has 3 rings (SSSR count). The lowest BCUT2D eigenvalue weighted by atomic mass is 10.1. The normalized spacial score (nSPS) is 12.0. The van der Waals surface area contributed by atoms with Crippen molar-refractivity contribution in [2.75, 3.05) is 0 Å². The number of benzene rings is 2. The first kappa shape index (κ1) is 12.6. The molecule has 0 fully saturated rings. The van der Waals surface area contributed by atoms with E-state index < -0.39 is 11.9 Å². The fourth-order valence-corrected chi connectivity index (χ4v) is 2.98. The Morgan fingerprint density at radius 1 is 0.850 bits per heavy atom. The van der Waals surface area contributed by atoms with E-state index in [0.29, 0.717) is 9.79 Å². The molecule has 0 bridgehead atoms. The Bertz CT molecular complexity index is 677. The van der Waals surface area contributed by atoms with Gasteiger partial charge in [-0.1, -0.05) is 23.9 Å². The van der Waals surface area contributed by atoms with Crippen LogP contribution < -0.4 is 4.74 Å². The lowest BCUT2D eigenvalue weighted by molar-refractivity contribution is 0.0687. The predicted octanol–water partition coefficient (Wildman–Crippen LogP) is 3.34. The molecule has 0 atom stereocenters. The molecule has 0 saturated heterocycles. The van der Waals surface area contributed by atoms with E-state index in [1.165, 1.54) is 23.9 Å². The second kappa shape index (κ2) is 4.57. The Kier molecular flexibility index (Phi) is 2.87. The van der Waals surface area contributed by atoms with Crippen LogP contribution in [-0.4, -0.2) is 22.2 Å². The molecule has 0 aliphatic carbocycles. The van der Waals surface area contributed by atoms with Crippen LogP contribution in [0.25, 0.3) is 0 Å². The van der Waals surface area contributed by atoms with Crippen LogP contribution in [0.1, 0.15) is 20.7 Å². The summed E-state index contributed by atoms with van der Waals surface area (Å²) in [4.78, 5) is 23.7. The largest absolute Gasteiger partial charge is 0.478 e. The standard InChI is InChI=1S/C14H8O5S/c15-13(16)7-3-1-5-9-11(7)19-12-8(14(17)18)4-2-6-10(12)20-9/h1-6H,(H,15,16)(H,17,18). The first-order valence-corrected chi connectivity index (χ1v) is 6.48. The third-order valence-electron chi connectivity index (χ3n) is 2.84. The van der Waals surface area contributed by atoms with Crippen LogP contribution in [0.4, 0.5) is 0 Å². The zero-order valence-corrected chi connectivity index (χ0v) is 10.8. The number of carbonyl (C=O) groups is 2. The van der Waals surface area contributed by atoms with Gasteiger partial charge in [-0.3, -0.25) is 0 Å². The van der Waals surface area contributed by atoms with Crippen molar-refractivity contribution < 1.29 is 24.5 Å². The Balaban J connectivity index is 2.18. The molecule has 2 aromatic carbocycles. The van der Waals surface area contributed by atoms with Crippen LogP contribution >= 0.6 is 11.8 Å². The van der Waals surface area contributed by atoms with E-state index in [1.807, 2.05) is 0 Å². The summed E-state index contributed by atoms with van der Waals surface area (Å²) in [5, 5.41) is 18.3. The van der Waals surface area contributed by atoms with Crippen LogP contribution in [0.2, 0.25) is 0 Å². The number of carboxylic acid groups (broad SMARTS) is 2. The summed E-state index contributed by atoms with van der Waals surface area (Å²) in [6.45, 7) is 0. The number of fused-ring (bicyclic) bond motifs is 2. The monoisotopic (exact) mass is 288 g/mol. The molecule has 1 aliphatic rings. The molecule has 20 heavy (non-hydrogen) atoms. The maximum Gasteiger partial charge on any atom is 0.339 e. The summed E-state index contributed by atoms with van der Waals surface area (Å²) in [7, 11) is 0. The molecule has 0 aromatic heterocycles. The van der Waals surface area contributed by atoms with Gasteiger partial charge in [-0.25, -0.2) is 9.59 Å². The van der Waals surface area contributed by atoms with Crippen molar-refractivity contribution in [2.24, 2.45) is 0 Å². The smallest absolute Gasteiger partial charge is 0.339 e. The minimum Gasteiger partial charge on any atom is -0.478 e. The average molecular weight is 288 g/mol. The van der Waals surface area contributed by atoms with Crippen molar-refractivity contribution in [3.63, 3.8) is 0 Å². The van der Waals surface area contributed by atoms with Gasteiger partial charge in [0.2, 0.25) is 0 Å². The lowest BCUT2D eigenvalue weighted by Gasteiger charge is -2.22. The summed E-state index contributed by atoms with van der Waals surface area (Å²) in [6, 6.07) is 9.59. The van der Waals surface area contributed by atoms with Gasteiger partial charge in [-0.05, 0) is 24.3 Å². The molecule has 100 valence electrons. The maximum absolute atomic E-state index is 11.2. The zero-order chi connectivity index (χ0) is 14.3. The Labute approximate surface area is 117 Å². The summed E-state index contributed by atoms with van der Waals surface area (Å²) in [5.74, 6) is -1.85. The molecular formula is C14H8O5S. The number of hydrogen-bond donors (Lipinski definition) is 2. The number of aromatic carboxylic acids is 2. The molecule has 6 heteroatoms. The highest BCUT2D eigenvalue weighted by Crippen LogP contribution is 2.49. The summed E-state index contributed by atoms with van der Waals surface area (Å²) in [6.07, 6.45) is 0. The van der Waals surface area contributed by atoms with Gasteiger partial charge in [0, 0.05) is 0 Å². The molecule has 0 unspecified atom stereocenters. The van der Waals surface area contributed by atoms with E-state index in [-0.39, 0.29) is 22.6 Å². The van der Waals surface area contributed by atoms with Crippen LogP contribution in [-0.2, 0) is 0 Å². The number of ether oxygens (including phenoxy) is 1. The van der Waals surface area contributed by atoms with E-state index in [2.05, 4.69) is 0 Å². The fraction of sp³-hybridized carbons (Fsp3) is 0. The molecule has 0 amide bonds. The Hall–Kier alpha value is -2.47. The molecule has 2 aromatic rings. The molecular weight excluding hydrogens is 280 g/mol. The molecule has 0 radical (unpaired) electrons.